The van der Waals surface area contributed by atoms with Gasteiger partial charge in [0.15, 0.2) is 11.5 Å². The van der Waals surface area contributed by atoms with Crippen molar-refractivity contribution >= 4 is 23.0 Å². The quantitative estimate of drug-likeness (QED) is 0.365. The standard InChI is InChI=1S/C25H26FN3O6/c26-18-14-17(2-3-19(18)28-16-30)35-21-4-5-27-20-15-22(24-25(23(20)21)34-13-12-33-24)32-9-1-6-29-7-10-31-11-8-29/h2-5,14-16H,1,6-13H2,(H,28,30). The highest BCUT2D eigenvalue weighted by molar-refractivity contribution is 5.95. The van der Waals surface area contributed by atoms with E-state index in [1.807, 2.05) is 6.07 Å². The number of ether oxygens (including phenoxy) is 5. The number of nitrogens with one attached hydrogen (secondary N) is 1. The van der Waals surface area contributed by atoms with E-state index in [1.165, 1.54) is 12.1 Å². The molecule has 0 radical (unpaired) electrons. The number of rotatable bonds is 9. The SMILES string of the molecule is O=CNc1ccc(Oc2ccnc3cc(OCCCN4CCOCC4)c4c(c23)OCCO4)cc1F. The Balaban J connectivity index is 1.38. The maximum atomic E-state index is 14.3. The molecular formula is C25H26FN3O6. The van der Waals surface area contributed by atoms with Gasteiger partial charge in [0, 0.05) is 38.0 Å². The van der Waals surface area contributed by atoms with Crippen molar-refractivity contribution in [1.29, 1.82) is 0 Å². The predicted molar refractivity (Wildman–Crippen MR) is 126 cm³/mol. The topological polar surface area (TPSA) is 91.4 Å². The molecule has 3 aromatic rings. The lowest BCUT2D eigenvalue weighted by molar-refractivity contribution is -0.105. The molecule has 0 bridgehead atoms. The van der Waals surface area contributed by atoms with Gasteiger partial charge in [-0.25, -0.2) is 4.39 Å². The number of fused-ring (bicyclic) bond motifs is 3. The Morgan fingerprint density at radius 3 is 2.69 bits per heavy atom. The van der Waals surface area contributed by atoms with E-state index >= 15 is 0 Å². The van der Waals surface area contributed by atoms with Crippen molar-refractivity contribution in [2.24, 2.45) is 0 Å². The normalized spacial score (nSPS) is 15.6. The molecule has 3 heterocycles. The summed E-state index contributed by atoms with van der Waals surface area (Å²) >= 11 is 0. The van der Waals surface area contributed by atoms with Gasteiger partial charge < -0.3 is 29.0 Å². The highest BCUT2D eigenvalue weighted by atomic mass is 19.1. The Morgan fingerprint density at radius 2 is 1.89 bits per heavy atom. The lowest BCUT2D eigenvalue weighted by atomic mass is 10.1. The molecule has 2 aliphatic heterocycles. The predicted octanol–water partition coefficient (Wildman–Crippen LogP) is 3.61. The average molecular weight is 483 g/mol. The van der Waals surface area contributed by atoms with Crippen LogP contribution in [0.3, 0.4) is 0 Å². The number of benzene rings is 2. The van der Waals surface area contributed by atoms with E-state index in [-0.39, 0.29) is 11.4 Å². The van der Waals surface area contributed by atoms with Crippen molar-refractivity contribution < 1.29 is 32.9 Å². The molecule has 0 saturated carbocycles. The van der Waals surface area contributed by atoms with E-state index in [0.29, 0.717) is 60.1 Å². The summed E-state index contributed by atoms with van der Waals surface area (Å²) in [6.07, 6.45) is 2.89. The van der Waals surface area contributed by atoms with Crippen molar-refractivity contribution in [3.8, 4) is 28.7 Å². The zero-order valence-electron chi connectivity index (χ0n) is 19.1. The summed E-state index contributed by atoms with van der Waals surface area (Å²) in [5, 5.41) is 2.91. The molecular weight excluding hydrogens is 457 g/mol. The number of hydrogen-bond donors (Lipinski definition) is 1. The monoisotopic (exact) mass is 483 g/mol. The number of amides is 1. The Kier molecular flexibility index (Phi) is 7.10. The zero-order chi connectivity index (χ0) is 24.0. The van der Waals surface area contributed by atoms with Gasteiger partial charge in [0.1, 0.15) is 30.5 Å². The summed E-state index contributed by atoms with van der Waals surface area (Å²) in [7, 11) is 0. The van der Waals surface area contributed by atoms with Crippen molar-refractivity contribution in [2.75, 3.05) is 58.0 Å². The maximum absolute atomic E-state index is 14.3. The fourth-order valence-corrected chi connectivity index (χ4v) is 4.13. The van der Waals surface area contributed by atoms with Crippen LogP contribution in [0.2, 0.25) is 0 Å². The minimum atomic E-state index is -0.609. The summed E-state index contributed by atoms with van der Waals surface area (Å²) in [6.45, 7) is 5.65. The van der Waals surface area contributed by atoms with Crippen LogP contribution in [0.25, 0.3) is 10.9 Å². The van der Waals surface area contributed by atoms with Crippen molar-refractivity contribution in [3.63, 3.8) is 0 Å². The molecule has 35 heavy (non-hydrogen) atoms. The van der Waals surface area contributed by atoms with Gasteiger partial charge in [-0.1, -0.05) is 0 Å². The Hall–Kier alpha value is -3.63. The van der Waals surface area contributed by atoms with Crippen LogP contribution in [0.15, 0.2) is 36.5 Å². The van der Waals surface area contributed by atoms with Crippen LogP contribution in [0.5, 0.6) is 28.7 Å². The molecule has 1 amide bonds. The lowest BCUT2D eigenvalue weighted by Crippen LogP contribution is -2.37. The number of carbonyl (C=O) groups is 1. The first-order chi connectivity index (χ1) is 17.2. The fourth-order valence-electron chi connectivity index (χ4n) is 4.13. The first-order valence-electron chi connectivity index (χ1n) is 11.5. The van der Waals surface area contributed by atoms with Gasteiger partial charge in [0.25, 0.3) is 0 Å². The lowest BCUT2D eigenvalue weighted by Gasteiger charge is -2.26. The molecule has 184 valence electrons. The fraction of sp³-hybridized carbons (Fsp3) is 0.360. The molecule has 0 spiro atoms. The summed E-state index contributed by atoms with van der Waals surface area (Å²) in [4.78, 5) is 17.4. The third kappa shape index (κ3) is 5.23. The summed E-state index contributed by atoms with van der Waals surface area (Å²) < 4.78 is 43.6. The Morgan fingerprint density at radius 1 is 1.06 bits per heavy atom. The molecule has 0 aliphatic carbocycles. The highest BCUT2D eigenvalue weighted by Crippen LogP contribution is 2.48. The highest BCUT2D eigenvalue weighted by Gasteiger charge is 2.25. The summed E-state index contributed by atoms with van der Waals surface area (Å²) in [6, 6.07) is 7.69. The van der Waals surface area contributed by atoms with Crippen LogP contribution in [0, 0.1) is 5.82 Å². The molecule has 1 saturated heterocycles. The number of pyridine rings is 1. The molecule has 1 aromatic heterocycles. The molecule has 0 atom stereocenters. The average Bonchev–Trinajstić information content (AvgIpc) is 2.89. The van der Waals surface area contributed by atoms with Crippen LogP contribution in [0.4, 0.5) is 10.1 Å². The number of carbonyl (C=O) groups excluding carboxylic acids is 1. The number of hydrogen-bond acceptors (Lipinski definition) is 8. The molecule has 9 nitrogen and oxygen atoms in total. The molecule has 1 N–H and O–H groups in total. The third-order valence-corrected chi connectivity index (χ3v) is 5.81. The van der Waals surface area contributed by atoms with Gasteiger partial charge in [-0.15, -0.1) is 0 Å². The molecule has 1 fully saturated rings. The van der Waals surface area contributed by atoms with Gasteiger partial charge in [-0.3, -0.25) is 14.7 Å². The third-order valence-electron chi connectivity index (χ3n) is 5.81. The first kappa shape index (κ1) is 23.1. The van der Waals surface area contributed by atoms with Crippen LogP contribution >= 0.6 is 0 Å². The Bertz CT molecular complexity index is 1200. The minimum Gasteiger partial charge on any atom is -0.489 e. The van der Waals surface area contributed by atoms with Crippen LogP contribution in [0.1, 0.15) is 6.42 Å². The molecule has 2 aliphatic rings. The summed E-state index contributed by atoms with van der Waals surface area (Å²) in [5.74, 6) is 1.65. The van der Waals surface area contributed by atoms with Crippen LogP contribution < -0.4 is 24.3 Å². The number of anilines is 1. The van der Waals surface area contributed by atoms with E-state index in [1.54, 1.807) is 18.3 Å². The van der Waals surface area contributed by atoms with E-state index < -0.39 is 5.82 Å². The molecule has 5 rings (SSSR count). The Labute approximate surface area is 201 Å². The second kappa shape index (κ2) is 10.7. The van der Waals surface area contributed by atoms with Gasteiger partial charge in [-0.2, -0.15) is 0 Å². The van der Waals surface area contributed by atoms with E-state index in [9.17, 15) is 9.18 Å². The van der Waals surface area contributed by atoms with Gasteiger partial charge >= 0.3 is 0 Å². The second-order valence-corrected chi connectivity index (χ2v) is 8.10. The number of morpholine rings is 1. The minimum absolute atomic E-state index is 0.0662. The smallest absolute Gasteiger partial charge is 0.211 e. The first-order valence-corrected chi connectivity index (χ1v) is 11.5. The number of halogens is 1. The van der Waals surface area contributed by atoms with Gasteiger partial charge in [0.2, 0.25) is 12.2 Å². The zero-order valence-corrected chi connectivity index (χ0v) is 19.1. The van der Waals surface area contributed by atoms with Gasteiger partial charge in [0.05, 0.1) is 36.4 Å². The molecule has 2 aromatic carbocycles. The van der Waals surface area contributed by atoms with E-state index in [4.69, 9.17) is 23.7 Å². The summed E-state index contributed by atoms with van der Waals surface area (Å²) in [5.41, 5.74) is 0.672. The van der Waals surface area contributed by atoms with Crippen molar-refractivity contribution in [3.05, 3.63) is 42.3 Å². The number of nitrogens with zero attached hydrogens (tertiary/aromatic N) is 2. The van der Waals surface area contributed by atoms with Crippen molar-refractivity contribution in [1.82, 2.24) is 9.88 Å². The van der Waals surface area contributed by atoms with Crippen LogP contribution in [-0.2, 0) is 9.53 Å². The molecule has 10 heteroatoms. The van der Waals surface area contributed by atoms with E-state index in [0.717, 1.165) is 39.3 Å². The molecule has 0 unspecified atom stereocenters. The van der Waals surface area contributed by atoms with E-state index in [2.05, 4.69) is 15.2 Å². The van der Waals surface area contributed by atoms with Crippen LogP contribution in [-0.4, -0.2) is 69.0 Å². The number of aromatic nitrogens is 1. The van der Waals surface area contributed by atoms with Gasteiger partial charge in [-0.05, 0) is 24.6 Å². The van der Waals surface area contributed by atoms with Crippen molar-refractivity contribution in [2.45, 2.75) is 6.42 Å². The second-order valence-electron chi connectivity index (χ2n) is 8.10. The maximum Gasteiger partial charge on any atom is 0.211 e. The largest absolute Gasteiger partial charge is 0.489 e.